The molecular formula is C26H30F2N4O3. The molecule has 0 aliphatic rings. The lowest BCUT2D eigenvalue weighted by molar-refractivity contribution is -0.614. The maximum absolute atomic E-state index is 13.8. The molecule has 1 heterocycles. The number of benzene rings is 2. The molecule has 0 aliphatic carbocycles. The lowest BCUT2D eigenvalue weighted by Crippen LogP contribution is -2.49. The standard InChI is InChI=1S/C26H30F2N4O3/c1-3-5-23-25(30-8-9-32(23)35)26(34)31-22(13-19-11-20(27)14-21(28)12-19)24(33)16-29-15-18-7-4-6-17(2)10-18/h4,6-12,14,22,24,29,33H,3,5,13,15-16H2,1-2H3,(H,31,34)/t22-,24+/m0/s1. The van der Waals surface area contributed by atoms with Crippen LogP contribution in [0.1, 0.15) is 46.2 Å². The van der Waals surface area contributed by atoms with Gasteiger partial charge in [0, 0.05) is 25.6 Å². The van der Waals surface area contributed by atoms with Crippen LogP contribution < -0.4 is 15.4 Å². The van der Waals surface area contributed by atoms with E-state index in [1.807, 2.05) is 38.1 Å². The van der Waals surface area contributed by atoms with Crippen molar-refractivity contribution in [1.82, 2.24) is 15.6 Å². The fourth-order valence-electron chi connectivity index (χ4n) is 3.92. The molecule has 3 rings (SSSR count). The molecular weight excluding hydrogens is 454 g/mol. The van der Waals surface area contributed by atoms with Gasteiger partial charge in [-0.15, -0.1) is 0 Å². The highest BCUT2D eigenvalue weighted by atomic mass is 19.1. The third-order valence-electron chi connectivity index (χ3n) is 5.57. The van der Waals surface area contributed by atoms with Gasteiger partial charge in [-0.25, -0.2) is 13.8 Å². The highest BCUT2D eigenvalue weighted by Crippen LogP contribution is 2.13. The minimum Gasteiger partial charge on any atom is -0.618 e. The molecule has 0 radical (unpaired) electrons. The molecule has 2 aromatic carbocycles. The number of nitrogens with zero attached hydrogens (tertiary/aromatic N) is 2. The summed E-state index contributed by atoms with van der Waals surface area (Å²) >= 11 is 0. The average Bonchev–Trinajstić information content (AvgIpc) is 2.79. The minimum absolute atomic E-state index is 0.0268. The summed E-state index contributed by atoms with van der Waals surface area (Å²) in [6, 6.07) is 10.1. The van der Waals surface area contributed by atoms with E-state index in [4.69, 9.17) is 0 Å². The third kappa shape index (κ3) is 7.53. The SMILES string of the molecule is CCCc1c(C(=O)N[C@@H](Cc2cc(F)cc(F)c2)[C@H](O)CNCc2cccc(C)c2)ncc[n+]1[O-]. The van der Waals surface area contributed by atoms with Crippen LogP contribution in [0.3, 0.4) is 0 Å². The Morgan fingerprint density at radius 3 is 2.60 bits per heavy atom. The first kappa shape index (κ1) is 26.2. The summed E-state index contributed by atoms with van der Waals surface area (Å²) < 4.78 is 28.1. The molecule has 7 nitrogen and oxygen atoms in total. The van der Waals surface area contributed by atoms with Crippen LogP contribution in [0.25, 0.3) is 0 Å². The van der Waals surface area contributed by atoms with Crippen molar-refractivity contribution in [2.24, 2.45) is 0 Å². The number of aliphatic hydroxyl groups excluding tert-OH is 1. The van der Waals surface area contributed by atoms with Gasteiger partial charge in [-0.1, -0.05) is 36.8 Å². The van der Waals surface area contributed by atoms with E-state index in [0.29, 0.717) is 24.1 Å². The zero-order chi connectivity index (χ0) is 25.4. The van der Waals surface area contributed by atoms with Crippen molar-refractivity contribution in [3.8, 4) is 0 Å². The van der Waals surface area contributed by atoms with Crippen LogP contribution >= 0.6 is 0 Å². The Bertz CT molecular complexity index is 1140. The number of amides is 1. The highest BCUT2D eigenvalue weighted by Gasteiger charge is 2.27. The summed E-state index contributed by atoms with van der Waals surface area (Å²) in [7, 11) is 0. The second kappa shape index (κ2) is 12.3. The van der Waals surface area contributed by atoms with Crippen molar-refractivity contribution < 1.29 is 23.4 Å². The van der Waals surface area contributed by atoms with Crippen molar-refractivity contribution in [1.29, 1.82) is 0 Å². The Labute approximate surface area is 203 Å². The van der Waals surface area contributed by atoms with Crippen molar-refractivity contribution in [2.75, 3.05) is 6.54 Å². The van der Waals surface area contributed by atoms with Crippen LogP contribution in [0, 0.1) is 23.8 Å². The molecule has 0 saturated carbocycles. The molecule has 35 heavy (non-hydrogen) atoms. The number of rotatable bonds is 11. The first-order valence-corrected chi connectivity index (χ1v) is 11.5. The monoisotopic (exact) mass is 484 g/mol. The summed E-state index contributed by atoms with van der Waals surface area (Å²) in [6.07, 6.45) is 2.32. The molecule has 0 unspecified atom stereocenters. The number of aliphatic hydroxyl groups is 1. The molecule has 3 N–H and O–H groups in total. The predicted molar refractivity (Wildman–Crippen MR) is 127 cm³/mol. The normalized spacial score (nSPS) is 12.8. The fraction of sp³-hybridized carbons (Fsp3) is 0.346. The van der Waals surface area contributed by atoms with E-state index in [9.17, 15) is 23.9 Å². The molecule has 1 aromatic heterocycles. The van der Waals surface area contributed by atoms with Crippen LogP contribution in [-0.4, -0.2) is 34.7 Å². The number of hydrogen-bond acceptors (Lipinski definition) is 5. The average molecular weight is 485 g/mol. The molecule has 0 bridgehead atoms. The van der Waals surface area contributed by atoms with E-state index >= 15 is 0 Å². The van der Waals surface area contributed by atoms with Gasteiger partial charge in [0.25, 0.3) is 5.91 Å². The number of nitrogens with one attached hydrogen (secondary N) is 2. The molecule has 2 atom stereocenters. The van der Waals surface area contributed by atoms with Gasteiger partial charge >= 0.3 is 0 Å². The second-order valence-electron chi connectivity index (χ2n) is 8.55. The molecule has 0 aliphatic heterocycles. The van der Waals surface area contributed by atoms with Gasteiger partial charge in [0.15, 0.2) is 11.9 Å². The van der Waals surface area contributed by atoms with Gasteiger partial charge in [-0.3, -0.25) is 4.79 Å². The first-order valence-electron chi connectivity index (χ1n) is 11.5. The van der Waals surface area contributed by atoms with Crippen molar-refractivity contribution >= 4 is 5.91 Å². The summed E-state index contributed by atoms with van der Waals surface area (Å²) in [4.78, 5) is 17.1. The maximum atomic E-state index is 13.8. The molecule has 3 aromatic rings. The van der Waals surface area contributed by atoms with E-state index < -0.39 is 29.7 Å². The zero-order valence-corrected chi connectivity index (χ0v) is 19.8. The van der Waals surface area contributed by atoms with E-state index in [2.05, 4.69) is 15.6 Å². The third-order valence-corrected chi connectivity index (χ3v) is 5.57. The fourth-order valence-corrected chi connectivity index (χ4v) is 3.92. The van der Waals surface area contributed by atoms with E-state index in [1.165, 1.54) is 12.4 Å². The number of hydrogen-bond donors (Lipinski definition) is 3. The molecule has 0 spiro atoms. The summed E-state index contributed by atoms with van der Waals surface area (Å²) in [6.45, 7) is 4.46. The van der Waals surface area contributed by atoms with Gasteiger partial charge < -0.3 is 20.9 Å². The number of carbonyl (C=O) groups excluding carboxylic acids is 1. The molecule has 9 heteroatoms. The Kier molecular flexibility index (Phi) is 9.22. The van der Waals surface area contributed by atoms with Crippen LogP contribution in [-0.2, 0) is 19.4 Å². The van der Waals surface area contributed by atoms with Crippen molar-refractivity contribution in [2.45, 2.75) is 51.8 Å². The maximum Gasteiger partial charge on any atom is 0.276 e. The van der Waals surface area contributed by atoms with Crippen molar-refractivity contribution in [3.05, 3.63) is 99.8 Å². The Morgan fingerprint density at radius 2 is 1.91 bits per heavy atom. The van der Waals surface area contributed by atoms with E-state index in [-0.39, 0.29) is 29.9 Å². The Hall–Kier alpha value is -3.43. The van der Waals surface area contributed by atoms with Crippen LogP contribution in [0.4, 0.5) is 8.78 Å². The molecule has 0 saturated heterocycles. The van der Waals surface area contributed by atoms with Crippen LogP contribution in [0.5, 0.6) is 0 Å². The molecule has 0 fully saturated rings. The Morgan fingerprint density at radius 1 is 1.17 bits per heavy atom. The predicted octanol–water partition coefficient (Wildman–Crippen LogP) is 2.75. The van der Waals surface area contributed by atoms with Gasteiger partial charge in [-0.05, 0) is 43.0 Å². The first-order chi connectivity index (χ1) is 16.8. The van der Waals surface area contributed by atoms with Gasteiger partial charge in [0.1, 0.15) is 11.6 Å². The van der Waals surface area contributed by atoms with E-state index in [0.717, 1.165) is 29.3 Å². The summed E-state index contributed by atoms with van der Waals surface area (Å²) in [5.41, 5.74) is 2.59. The number of halogens is 2. The minimum atomic E-state index is -1.09. The van der Waals surface area contributed by atoms with Crippen molar-refractivity contribution in [3.63, 3.8) is 0 Å². The van der Waals surface area contributed by atoms with Gasteiger partial charge in [0.05, 0.1) is 18.3 Å². The second-order valence-corrected chi connectivity index (χ2v) is 8.55. The zero-order valence-electron chi connectivity index (χ0n) is 19.8. The topological polar surface area (TPSA) is 101 Å². The lowest BCUT2D eigenvalue weighted by atomic mass is 10.00. The smallest absolute Gasteiger partial charge is 0.276 e. The number of aryl methyl sites for hydroxylation is 1. The summed E-state index contributed by atoms with van der Waals surface area (Å²) in [5.74, 6) is -2.14. The number of aromatic nitrogens is 2. The number of carbonyl (C=O) groups is 1. The highest BCUT2D eigenvalue weighted by molar-refractivity contribution is 5.93. The lowest BCUT2D eigenvalue weighted by Gasteiger charge is -2.25. The molecule has 186 valence electrons. The summed E-state index contributed by atoms with van der Waals surface area (Å²) in [5, 5.41) is 29.0. The van der Waals surface area contributed by atoms with E-state index in [1.54, 1.807) is 0 Å². The van der Waals surface area contributed by atoms with Gasteiger partial charge in [-0.2, -0.15) is 4.73 Å². The Balaban J connectivity index is 1.78. The molecule has 1 amide bonds. The largest absolute Gasteiger partial charge is 0.618 e. The van der Waals surface area contributed by atoms with Crippen LogP contribution in [0.2, 0.25) is 0 Å². The van der Waals surface area contributed by atoms with Crippen LogP contribution in [0.15, 0.2) is 54.9 Å². The quantitative estimate of drug-likeness (QED) is 0.287. The van der Waals surface area contributed by atoms with Gasteiger partial charge in [0.2, 0.25) is 5.69 Å².